The molecule has 2 aromatic heterocycles. The first kappa shape index (κ1) is 12.7. The molecule has 0 N–H and O–H groups in total. The Morgan fingerprint density at radius 2 is 2.21 bits per heavy atom. The summed E-state index contributed by atoms with van der Waals surface area (Å²) in [6, 6.07) is 0.598. The zero-order valence-electron chi connectivity index (χ0n) is 11.5. The highest BCUT2D eigenvalue weighted by Gasteiger charge is 2.30. The summed E-state index contributed by atoms with van der Waals surface area (Å²) in [5, 5.41) is 9.65. The Kier molecular flexibility index (Phi) is 3.35. The molecule has 19 heavy (non-hydrogen) atoms. The minimum atomic E-state index is 0.409. The van der Waals surface area contributed by atoms with Gasteiger partial charge in [0.1, 0.15) is 11.6 Å². The summed E-state index contributed by atoms with van der Waals surface area (Å²) < 4.78 is 7.78. The maximum absolute atomic E-state index is 5.49. The topological polar surface area (TPSA) is 56.7 Å². The fourth-order valence-corrected chi connectivity index (χ4v) is 2.92. The first-order valence-corrected chi connectivity index (χ1v) is 7.62. The van der Waals surface area contributed by atoms with E-state index < -0.39 is 0 Å². The number of rotatable bonds is 5. The number of hydrogen-bond acceptors (Lipinski definition) is 5. The van der Waals surface area contributed by atoms with Crippen LogP contribution in [0, 0.1) is 6.92 Å². The lowest BCUT2D eigenvalue weighted by Crippen LogP contribution is -2.04. The lowest BCUT2D eigenvalue weighted by atomic mass is 10.2. The molecule has 0 unspecified atom stereocenters. The van der Waals surface area contributed by atoms with Crippen LogP contribution in [0.15, 0.2) is 15.8 Å². The van der Waals surface area contributed by atoms with E-state index in [-0.39, 0.29) is 0 Å². The van der Waals surface area contributed by atoms with Gasteiger partial charge in [-0.25, -0.2) is 4.98 Å². The Hall–Kier alpha value is -1.30. The lowest BCUT2D eigenvalue weighted by molar-refractivity contribution is 0.490. The number of thioether (sulfide) groups is 1. The maximum Gasteiger partial charge on any atom is 0.204 e. The number of aromatic nitrogens is 4. The molecule has 0 aliphatic heterocycles. The number of nitrogens with zero attached hydrogens (tertiary/aromatic N) is 4. The second-order valence-electron chi connectivity index (χ2n) is 5.25. The summed E-state index contributed by atoms with van der Waals surface area (Å²) in [6.07, 6.45) is 4.23. The summed E-state index contributed by atoms with van der Waals surface area (Å²) in [5.74, 6) is 3.80. The standard InChI is InChI=1S/C13H18N4OS/c1-8(2)12-15-16-13(17(12)10-4-5-10)19-7-11-14-6-9(3)18-11/h6,8,10H,4-5,7H2,1-3H3. The van der Waals surface area contributed by atoms with Gasteiger partial charge in [0.2, 0.25) is 5.89 Å². The third-order valence-electron chi connectivity index (χ3n) is 3.11. The average molecular weight is 278 g/mol. The Morgan fingerprint density at radius 3 is 2.79 bits per heavy atom. The van der Waals surface area contributed by atoms with Crippen LogP contribution in [-0.2, 0) is 5.75 Å². The SMILES string of the molecule is Cc1cnc(CSc2nnc(C(C)C)n2C2CC2)o1. The van der Waals surface area contributed by atoms with Crippen LogP contribution < -0.4 is 0 Å². The van der Waals surface area contributed by atoms with Crippen molar-refractivity contribution < 1.29 is 4.42 Å². The van der Waals surface area contributed by atoms with Gasteiger partial charge in [-0.2, -0.15) is 0 Å². The van der Waals surface area contributed by atoms with Crippen molar-refractivity contribution in [1.82, 2.24) is 19.7 Å². The highest BCUT2D eigenvalue weighted by Crippen LogP contribution is 2.40. The van der Waals surface area contributed by atoms with E-state index >= 15 is 0 Å². The van der Waals surface area contributed by atoms with Crippen molar-refractivity contribution in [3.63, 3.8) is 0 Å². The molecule has 0 spiro atoms. The molecule has 5 nitrogen and oxygen atoms in total. The molecule has 2 aromatic rings. The predicted octanol–water partition coefficient (Wildman–Crippen LogP) is 3.33. The normalized spacial score (nSPS) is 15.4. The van der Waals surface area contributed by atoms with Gasteiger partial charge in [-0.1, -0.05) is 25.6 Å². The number of aryl methyl sites for hydroxylation is 1. The highest BCUT2D eigenvalue weighted by atomic mass is 32.2. The Bertz CT molecular complexity index is 571. The zero-order valence-corrected chi connectivity index (χ0v) is 12.3. The van der Waals surface area contributed by atoms with Crippen molar-refractivity contribution in [3.05, 3.63) is 23.7 Å². The van der Waals surface area contributed by atoms with Crippen molar-refractivity contribution in [2.75, 3.05) is 0 Å². The van der Waals surface area contributed by atoms with Gasteiger partial charge < -0.3 is 8.98 Å². The molecule has 0 bridgehead atoms. The summed E-state index contributed by atoms with van der Waals surface area (Å²) in [4.78, 5) is 4.22. The van der Waals surface area contributed by atoms with E-state index in [0.29, 0.717) is 17.7 Å². The molecule has 0 saturated heterocycles. The molecule has 1 saturated carbocycles. The molecule has 1 fully saturated rings. The quantitative estimate of drug-likeness (QED) is 0.785. The maximum atomic E-state index is 5.49. The lowest BCUT2D eigenvalue weighted by Gasteiger charge is -2.09. The smallest absolute Gasteiger partial charge is 0.204 e. The summed E-state index contributed by atoms with van der Waals surface area (Å²) in [6.45, 7) is 6.23. The van der Waals surface area contributed by atoms with E-state index in [1.807, 2.05) is 6.92 Å². The second-order valence-corrected chi connectivity index (χ2v) is 6.19. The van der Waals surface area contributed by atoms with Crippen LogP contribution in [0.25, 0.3) is 0 Å². The van der Waals surface area contributed by atoms with Crippen LogP contribution in [0.5, 0.6) is 0 Å². The number of hydrogen-bond donors (Lipinski definition) is 0. The Balaban J connectivity index is 1.77. The van der Waals surface area contributed by atoms with Gasteiger partial charge >= 0.3 is 0 Å². The van der Waals surface area contributed by atoms with Gasteiger partial charge in [-0.3, -0.25) is 0 Å². The second kappa shape index (κ2) is 5.00. The zero-order chi connectivity index (χ0) is 13.4. The van der Waals surface area contributed by atoms with Gasteiger partial charge in [0.05, 0.1) is 11.9 Å². The fraction of sp³-hybridized carbons (Fsp3) is 0.615. The van der Waals surface area contributed by atoms with Crippen LogP contribution in [-0.4, -0.2) is 19.7 Å². The van der Waals surface area contributed by atoms with Gasteiger partial charge in [-0.15, -0.1) is 10.2 Å². The van der Waals surface area contributed by atoms with E-state index in [2.05, 4.69) is 33.6 Å². The van der Waals surface area contributed by atoms with Crippen molar-refractivity contribution >= 4 is 11.8 Å². The fourth-order valence-electron chi connectivity index (χ4n) is 2.05. The van der Waals surface area contributed by atoms with E-state index in [9.17, 15) is 0 Å². The molecule has 102 valence electrons. The Morgan fingerprint density at radius 1 is 1.42 bits per heavy atom. The molecule has 0 aromatic carbocycles. The molecular formula is C13H18N4OS. The minimum Gasteiger partial charge on any atom is -0.445 e. The van der Waals surface area contributed by atoms with Crippen LogP contribution in [0.1, 0.15) is 56.1 Å². The van der Waals surface area contributed by atoms with E-state index in [0.717, 1.165) is 22.6 Å². The highest BCUT2D eigenvalue weighted by molar-refractivity contribution is 7.98. The van der Waals surface area contributed by atoms with Crippen LogP contribution in [0.4, 0.5) is 0 Å². The summed E-state index contributed by atoms with van der Waals surface area (Å²) in [5.41, 5.74) is 0. The van der Waals surface area contributed by atoms with E-state index in [4.69, 9.17) is 4.42 Å². The largest absolute Gasteiger partial charge is 0.445 e. The van der Waals surface area contributed by atoms with Gasteiger partial charge in [0, 0.05) is 12.0 Å². The van der Waals surface area contributed by atoms with Crippen molar-refractivity contribution in [2.24, 2.45) is 0 Å². The molecule has 1 aliphatic carbocycles. The molecule has 2 heterocycles. The number of oxazole rings is 1. The minimum absolute atomic E-state index is 0.409. The molecular weight excluding hydrogens is 260 g/mol. The Labute approximate surface area is 116 Å². The van der Waals surface area contributed by atoms with Gasteiger partial charge in [0.25, 0.3) is 0 Å². The monoisotopic (exact) mass is 278 g/mol. The van der Waals surface area contributed by atoms with Crippen molar-refractivity contribution in [3.8, 4) is 0 Å². The first-order valence-electron chi connectivity index (χ1n) is 6.64. The third-order valence-corrected chi connectivity index (χ3v) is 4.04. The summed E-state index contributed by atoms with van der Waals surface area (Å²) in [7, 11) is 0. The third kappa shape index (κ3) is 2.68. The predicted molar refractivity (Wildman–Crippen MR) is 73.2 cm³/mol. The van der Waals surface area contributed by atoms with Crippen LogP contribution >= 0.6 is 11.8 Å². The molecule has 3 rings (SSSR count). The molecule has 6 heteroatoms. The van der Waals surface area contributed by atoms with Crippen LogP contribution in [0.3, 0.4) is 0 Å². The molecule has 0 amide bonds. The van der Waals surface area contributed by atoms with E-state index in [1.165, 1.54) is 12.8 Å². The van der Waals surface area contributed by atoms with E-state index in [1.54, 1.807) is 18.0 Å². The van der Waals surface area contributed by atoms with Crippen molar-refractivity contribution in [1.29, 1.82) is 0 Å². The molecule has 0 atom stereocenters. The first-order chi connectivity index (χ1) is 9.15. The van der Waals surface area contributed by atoms with Crippen molar-refractivity contribution in [2.45, 2.75) is 56.5 Å². The molecule has 1 aliphatic rings. The van der Waals surface area contributed by atoms with Gasteiger partial charge in [-0.05, 0) is 19.8 Å². The van der Waals surface area contributed by atoms with Crippen LogP contribution in [0.2, 0.25) is 0 Å². The summed E-state index contributed by atoms with van der Waals surface area (Å²) >= 11 is 1.65. The average Bonchev–Trinajstić information content (AvgIpc) is 2.98. The molecule has 0 radical (unpaired) electrons. The van der Waals surface area contributed by atoms with Gasteiger partial charge in [0.15, 0.2) is 5.16 Å².